The molecule has 0 bridgehead atoms. The summed E-state index contributed by atoms with van der Waals surface area (Å²) in [4.78, 5) is 19.1. The van der Waals surface area contributed by atoms with Crippen molar-refractivity contribution in [3.8, 4) is 0 Å². The van der Waals surface area contributed by atoms with Crippen molar-refractivity contribution in [3.05, 3.63) is 72.8 Å². The molecule has 5 heteroatoms. The third-order valence-electron chi connectivity index (χ3n) is 3.74. The largest absolute Gasteiger partial charge is 0.512 e. The van der Waals surface area contributed by atoms with E-state index in [0.29, 0.717) is 0 Å². The molecule has 0 unspecified atom stereocenters. The number of aliphatic hydroxyl groups is 1. The number of hydrogen-bond donors (Lipinski definition) is 1. The minimum absolute atomic E-state index is 0. The monoisotopic (exact) mass is 525 g/mol. The van der Waals surface area contributed by atoms with Gasteiger partial charge >= 0.3 is 0 Å². The van der Waals surface area contributed by atoms with E-state index in [1.165, 1.54) is 25.3 Å². The summed E-state index contributed by atoms with van der Waals surface area (Å²) < 4.78 is 0. The molecule has 4 aromatic rings. The summed E-state index contributed by atoms with van der Waals surface area (Å²) in [6, 6.07) is 16.6. The maximum absolute atomic E-state index is 10.0. The van der Waals surface area contributed by atoms with Gasteiger partial charge < -0.3 is 5.11 Å². The number of hydrogen-bond acceptors (Lipinski definition) is 4. The van der Waals surface area contributed by atoms with E-state index in [1.807, 2.05) is 24.5 Å². The number of nitrogens with zero attached hydrogens (tertiary/aromatic N) is 2. The van der Waals surface area contributed by atoms with Crippen LogP contribution >= 0.6 is 0 Å². The summed E-state index contributed by atoms with van der Waals surface area (Å²) in [6.07, 6.45) is 4.84. The number of benzene rings is 2. The van der Waals surface area contributed by atoms with Gasteiger partial charge in [-0.15, -0.1) is 0 Å². The Labute approximate surface area is 165 Å². The van der Waals surface area contributed by atoms with Crippen LogP contribution in [0, 0.1) is 0 Å². The van der Waals surface area contributed by atoms with E-state index in [0.717, 1.165) is 27.2 Å². The molecule has 0 amide bonds. The Morgan fingerprint density at radius 1 is 0.846 bits per heavy atom. The fourth-order valence-electron chi connectivity index (χ4n) is 2.78. The average molecular weight is 525 g/mol. The van der Waals surface area contributed by atoms with Crippen LogP contribution in [-0.4, -0.2) is 20.9 Å². The molecular formula is C21H18N2O2Pt. The van der Waals surface area contributed by atoms with Crippen LogP contribution in [0.3, 0.4) is 0 Å². The minimum Gasteiger partial charge on any atom is -0.512 e. The maximum atomic E-state index is 10.0. The topological polar surface area (TPSA) is 63.1 Å². The molecular weight excluding hydrogens is 507 g/mol. The zero-order valence-corrected chi connectivity index (χ0v) is 16.7. The molecule has 26 heavy (non-hydrogen) atoms. The van der Waals surface area contributed by atoms with Gasteiger partial charge in [0.1, 0.15) is 0 Å². The van der Waals surface area contributed by atoms with Crippen molar-refractivity contribution in [3.63, 3.8) is 0 Å². The molecule has 0 saturated heterocycles. The summed E-state index contributed by atoms with van der Waals surface area (Å²) in [5.74, 6) is -0.0625. The summed E-state index contributed by atoms with van der Waals surface area (Å²) >= 11 is 0. The minimum atomic E-state index is -0.125. The Bertz CT molecular complexity index is 1030. The second-order valence-corrected chi connectivity index (χ2v) is 5.78. The van der Waals surface area contributed by atoms with E-state index < -0.39 is 0 Å². The van der Waals surface area contributed by atoms with Crippen LogP contribution in [0.25, 0.3) is 32.6 Å². The van der Waals surface area contributed by atoms with Crippen LogP contribution in [-0.2, 0) is 25.9 Å². The van der Waals surface area contributed by atoms with Gasteiger partial charge in [-0.25, -0.2) is 0 Å². The third kappa shape index (κ3) is 4.33. The number of rotatable bonds is 1. The molecule has 0 aliphatic heterocycles. The second-order valence-electron chi connectivity index (χ2n) is 5.78. The van der Waals surface area contributed by atoms with Crippen LogP contribution in [0.2, 0.25) is 0 Å². The number of ketones is 1. The zero-order chi connectivity index (χ0) is 17.8. The molecule has 2 heterocycles. The molecule has 0 aliphatic carbocycles. The fourth-order valence-corrected chi connectivity index (χ4v) is 2.78. The molecule has 0 spiro atoms. The summed E-state index contributed by atoms with van der Waals surface area (Å²) in [5.41, 5.74) is 2.05. The van der Waals surface area contributed by atoms with Crippen molar-refractivity contribution in [1.29, 1.82) is 0 Å². The molecule has 0 aliphatic rings. The van der Waals surface area contributed by atoms with Gasteiger partial charge in [-0.2, -0.15) is 0 Å². The molecule has 4 rings (SSSR count). The molecule has 0 atom stereocenters. The number of aliphatic hydroxyl groups excluding tert-OH is 1. The quantitative estimate of drug-likeness (QED) is 0.217. The van der Waals surface area contributed by atoms with Crippen LogP contribution in [0.4, 0.5) is 0 Å². The van der Waals surface area contributed by atoms with Crippen LogP contribution in [0.15, 0.2) is 72.8 Å². The number of pyridine rings is 2. The van der Waals surface area contributed by atoms with Crippen molar-refractivity contribution in [2.24, 2.45) is 0 Å². The Hall–Kier alpha value is -2.58. The van der Waals surface area contributed by atoms with Crippen molar-refractivity contribution in [2.75, 3.05) is 0 Å². The van der Waals surface area contributed by atoms with Crippen LogP contribution in [0.1, 0.15) is 13.8 Å². The predicted molar refractivity (Wildman–Crippen MR) is 102 cm³/mol. The van der Waals surface area contributed by atoms with Crippen LogP contribution < -0.4 is 0 Å². The maximum Gasteiger partial charge on any atom is 0.155 e. The average Bonchev–Trinajstić information content (AvgIpc) is 2.60. The first-order valence-electron chi connectivity index (χ1n) is 7.95. The molecule has 0 saturated carbocycles. The normalized spacial score (nSPS) is 10.9. The Kier molecular flexibility index (Phi) is 6.59. The molecule has 1 N–H and O–H groups in total. The Morgan fingerprint density at radius 3 is 1.69 bits per heavy atom. The predicted octanol–water partition coefficient (Wildman–Crippen LogP) is 4.97. The van der Waals surface area contributed by atoms with E-state index in [4.69, 9.17) is 5.11 Å². The summed E-state index contributed by atoms with van der Waals surface area (Å²) in [5, 5.41) is 13.0. The van der Waals surface area contributed by atoms with Gasteiger partial charge in [0.25, 0.3) is 0 Å². The molecule has 0 fully saturated rings. The van der Waals surface area contributed by atoms with Gasteiger partial charge in [-0.05, 0) is 31.4 Å². The first-order chi connectivity index (χ1) is 12.1. The first-order valence-corrected chi connectivity index (χ1v) is 7.95. The van der Waals surface area contributed by atoms with E-state index in [9.17, 15) is 4.79 Å². The summed E-state index contributed by atoms with van der Waals surface area (Å²) in [6.45, 7) is 2.85. The number of allylic oxidation sites excluding steroid dienone is 2. The van der Waals surface area contributed by atoms with Gasteiger partial charge in [-0.1, -0.05) is 36.4 Å². The number of fused-ring (bicyclic) bond motifs is 5. The first kappa shape index (κ1) is 19.7. The Balaban J connectivity index is 0.000000265. The Morgan fingerprint density at radius 2 is 1.31 bits per heavy atom. The third-order valence-corrected chi connectivity index (χ3v) is 3.74. The van der Waals surface area contributed by atoms with Crippen molar-refractivity contribution in [2.45, 2.75) is 13.8 Å². The van der Waals surface area contributed by atoms with Gasteiger partial charge in [0, 0.05) is 55.7 Å². The molecule has 134 valence electrons. The number of carbonyl (C=O) groups is 1. The molecule has 4 nitrogen and oxygen atoms in total. The van der Waals surface area contributed by atoms with Gasteiger partial charge in [-0.3, -0.25) is 14.8 Å². The van der Waals surface area contributed by atoms with E-state index in [1.54, 1.807) is 0 Å². The van der Waals surface area contributed by atoms with Gasteiger partial charge in [0.15, 0.2) is 5.78 Å². The summed E-state index contributed by atoms with van der Waals surface area (Å²) in [7, 11) is 0. The SMILES string of the molecule is CC(=O)/C=C(/C)O.[Pt].c1cnc2c(c1)ccc1ccc3cccnc3c12. The van der Waals surface area contributed by atoms with Gasteiger partial charge in [0.2, 0.25) is 0 Å². The van der Waals surface area contributed by atoms with Crippen molar-refractivity contribution >= 4 is 38.4 Å². The van der Waals surface area contributed by atoms with Crippen molar-refractivity contribution in [1.82, 2.24) is 9.97 Å². The van der Waals surface area contributed by atoms with E-state index in [2.05, 4.69) is 46.4 Å². The van der Waals surface area contributed by atoms with Crippen LogP contribution in [0.5, 0.6) is 0 Å². The molecule has 0 radical (unpaired) electrons. The number of aromatic nitrogens is 2. The smallest absolute Gasteiger partial charge is 0.155 e. The number of carbonyl (C=O) groups excluding carboxylic acids is 1. The van der Waals surface area contributed by atoms with Crippen molar-refractivity contribution < 1.29 is 31.0 Å². The second kappa shape index (κ2) is 8.68. The van der Waals surface area contributed by atoms with Gasteiger partial charge in [0.05, 0.1) is 16.8 Å². The standard InChI is InChI=1S/C16H10N2.C5H8O2.Pt/c1-3-12-7-5-11-6-8-13-4-2-10-18-16(13)14(11)15(12)17-9-1;1-4(6)3-5(2)7;/h1-10H;3,6H,1-2H3;/b;4-3-;. The van der Waals surface area contributed by atoms with E-state index >= 15 is 0 Å². The zero-order valence-electron chi connectivity index (χ0n) is 14.4. The fraction of sp³-hybridized carbons (Fsp3) is 0.0952. The van der Waals surface area contributed by atoms with E-state index in [-0.39, 0.29) is 32.6 Å². The molecule has 2 aromatic heterocycles. The molecule has 2 aromatic carbocycles.